The van der Waals surface area contributed by atoms with Gasteiger partial charge in [-0.25, -0.2) is 9.97 Å². The van der Waals surface area contributed by atoms with E-state index in [-0.39, 0.29) is 11.3 Å². The molecule has 1 aliphatic heterocycles. The normalized spacial score (nSPS) is 15.5. The molecule has 1 fully saturated rings. The van der Waals surface area contributed by atoms with Crippen molar-refractivity contribution in [2.45, 2.75) is 6.18 Å². The Labute approximate surface area is 148 Å². The van der Waals surface area contributed by atoms with E-state index in [2.05, 4.69) is 14.9 Å². The molecule has 1 aromatic heterocycles. The molecule has 4 nitrogen and oxygen atoms in total. The van der Waals surface area contributed by atoms with E-state index < -0.39 is 11.9 Å². The van der Waals surface area contributed by atoms with Crippen molar-refractivity contribution < 1.29 is 13.2 Å². The average molecular weight is 358 g/mol. The maximum Gasteiger partial charge on any atom is 0.434 e. The van der Waals surface area contributed by atoms with Gasteiger partial charge in [-0.2, -0.15) is 13.2 Å². The van der Waals surface area contributed by atoms with Gasteiger partial charge in [0.2, 0.25) is 5.95 Å². The fourth-order valence-corrected chi connectivity index (χ4v) is 3.23. The SMILES string of the molecule is FC(F)(F)c1nc(N2CCN(c3ccccc3)CC2)nc2ccccc12. The number of benzene rings is 2. The quantitative estimate of drug-likeness (QED) is 0.694. The Balaban J connectivity index is 1.62. The van der Waals surface area contributed by atoms with E-state index in [1.807, 2.05) is 35.2 Å². The number of hydrogen-bond donors (Lipinski definition) is 0. The van der Waals surface area contributed by atoms with Gasteiger partial charge in [0.1, 0.15) is 0 Å². The molecule has 134 valence electrons. The molecule has 1 saturated heterocycles. The molecule has 0 aliphatic carbocycles. The number of halogens is 3. The van der Waals surface area contributed by atoms with Gasteiger partial charge < -0.3 is 9.80 Å². The van der Waals surface area contributed by atoms with Crippen molar-refractivity contribution in [2.75, 3.05) is 36.0 Å². The van der Waals surface area contributed by atoms with Crippen molar-refractivity contribution in [3.63, 3.8) is 0 Å². The van der Waals surface area contributed by atoms with Gasteiger partial charge in [-0.05, 0) is 18.2 Å². The lowest BCUT2D eigenvalue weighted by Crippen LogP contribution is -2.47. The monoisotopic (exact) mass is 358 g/mol. The first-order valence-corrected chi connectivity index (χ1v) is 8.41. The summed E-state index contributed by atoms with van der Waals surface area (Å²) in [6.07, 6.45) is -4.51. The molecule has 0 saturated carbocycles. The Bertz CT molecular complexity index is 904. The highest BCUT2D eigenvalue weighted by molar-refractivity contribution is 5.82. The lowest BCUT2D eigenvalue weighted by molar-refractivity contribution is -0.139. The third-order valence-corrected chi connectivity index (χ3v) is 4.54. The number of alkyl halides is 3. The standard InChI is InChI=1S/C19H17F3N4/c20-19(21,22)17-15-8-4-5-9-16(15)23-18(24-17)26-12-10-25(11-13-26)14-6-2-1-3-7-14/h1-9H,10-13H2. The van der Waals surface area contributed by atoms with Gasteiger partial charge >= 0.3 is 6.18 Å². The number of piperazine rings is 1. The predicted molar refractivity (Wildman–Crippen MR) is 95.4 cm³/mol. The minimum absolute atomic E-state index is 0.0340. The zero-order chi connectivity index (χ0) is 18.1. The smallest absolute Gasteiger partial charge is 0.368 e. The Morgan fingerprint density at radius 3 is 2.04 bits per heavy atom. The van der Waals surface area contributed by atoms with Gasteiger partial charge in [0.15, 0.2) is 5.69 Å². The molecule has 2 aromatic carbocycles. The van der Waals surface area contributed by atoms with Crippen molar-refractivity contribution in [3.8, 4) is 0 Å². The molecule has 0 bridgehead atoms. The molecule has 1 aliphatic rings. The fraction of sp³-hybridized carbons (Fsp3) is 0.263. The minimum Gasteiger partial charge on any atom is -0.368 e. The van der Waals surface area contributed by atoms with Gasteiger partial charge in [0, 0.05) is 37.3 Å². The number of rotatable bonds is 2. The highest BCUT2D eigenvalue weighted by Gasteiger charge is 2.36. The van der Waals surface area contributed by atoms with Crippen molar-refractivity contribution in [1.29, 1.82) is 0 Å². The zero-order valence-corrected chi connectivity index (χ0v) is 13.9. The van der Waals surface area contributed by atoms with Crippen LogP contribution < -0.4 is 9.80 Å². The van der Waals surface area contributed by atoms with Crippen LogP contribution in [0.5, 0.6) is 0 Å². The van der Waals surface area contributed by atoms with Crippen LogP contribution in [0.4, 0.5) is 24.8 Å². The van der Waals surface area contributed by atoms with E-state index in [9.17, 15) is 13.2 Å². The van der Waals surface area contributed by atoms with Crippen LogP contribution in [-0.2, 0) is 6.18 Å². The van der Waals surface area contributed by atoms with Gasteiger partial charge in [-0.1, -0.05) is 36.4 Å². The number of fused-ring (bicyclic) bond motifs is 1. The molecule has 0 N–H and O–H groups in total. The van der Waals surface area contributed by atoms with Crippen molar-refractivity contribution in [2.24, 2.45) is 0 Å². The largest absolute Gasteiger partial charge is 0.434 e. The van der Waals surface area contributed by atoms with E-state index in [1.54, 1.807) is 18.2 Å². The van der Waals surface area contributed by atoms with Crippen LogP contribution >= 0.6 is 0 Å². The van der Waals surface area contributed by atoms with Crippen molar-refractivity contribution in [1.82, 2.24) is 9.97 Å². The summed E-state index contributed by atoms with van der Waals surface area (Å²) in [6.45, 7) is 2.57. The van der Waals surface area contributed by atoms with Crippen LogP contribution in [0.1, 0.15) is 5.69 Å². The molecule has 4 rings (SSSR count). The molecular weight excluding hydrogens is 341 g/mol. The maximum atomic E-state index is 13.4. The number of para-hydroxylation sites is 2. The van der Waals surface area contributed by atoms with E-state index in [0.29, 0.717) is 31.7 Å². The second-order valence-electron chi connectivity index (χ2n) is 6.20. The minimum atomic E-state index is -4.51. The Morgan fingerprint density at radius 2 is 1.35 bits per heavy atom. The topological polar surface area (TPSA) is 32.3 Å². The zero-order valence-electron chi connectivity index (χ0n) is 13.9. The lowest BCUT2D eigenvalue weighted by Gasteiger charge is -2.36. The third-order valence-electron chi connectivity index (χ3n) is 4.54. The van der Waals surface area contributed by atoms with Gasteiger partial charge in [-0.3, -0.25) is 0 Å². The van der Waals surface area contributed by atoms with E-state index in [4.69, 9.17) is 0 Å². The summed E-state index contributed by atoms with van der Waals surface area (Å²) in [6, 6.07) is 16.2. The summed E-state index contributed by atoms with van der Waals surface area (Å²) in [4.78, 5) is 12.3. The molecule has 0 amide bonds. The summed E-state index contributed by atoms with van der Waals surface area (Å²) in [5.41, 5.74) is 0.557. The van der Waals surface area contributed by atoms with E-state index in [0.717, 1.165) is 5.69 Å². The number of hydrogen-bond acceptors (Lipinski definition) is 4. The lowest BCUT2D eigenvalue weighted by atomic mass is 10.2. The van der Waals surface area contributed by atoms with Crippen molar-refractivity contribution >= 4 is 22.5 Å². The van der Waals surface area contributed by atoms with Crippen LogP contribution in [0.2, 0.25) is 0 Å². The molecule has 0 atom stereocenters. The van der Waals surface area contributed by atoms with Crippen LogP contribution in [0.3, 0.4) is 0 Å². The number of nitrogens with zero attached hydrogens (tertiary/aromatic N) is 4. The van der Waals surface area contributed by atoms with Crippen LogP contribution in [0.15, 0.2) is 54.6 Å². The Kier molecular flexibility index (Phi) is 4.14. The second kappa shape index (κ2) is 6.48. The summed E-state index contributed by atoms with van der Waals surface area (Å²) in [5.74, 6) is 0.142. The second-order valence-corrected chi connectivity index (χ2v) is 6.20. The summed E-state index contributed by atoms with van der Waals surface area (Å²) in [7, 11) is 0. The first-order valence-electron chi connectivity index (χ1n) is 8.41. The van der Waals surface area contributed by atoms with E-state index in [1.165, 1.54) is 6.07 Å². The molecular formula is C19H17F3N4. The molecule has 0 radical (unpaired) electrons. The molecule has 0 spiro atoms. The maximum absolute atomic E-state index is 13.4. The van der Waals surface area contributed by atoms with Crippen LogP contribution in [-0.4, -0.2) is 36.1 Å². The first kappa shape index (κ1) is 16.6. The summed E-state index contributed by atoms with van der Waals surface area (Å²) >= 11 is 0. The molecule has 7 heteroatoms. The molecule has 0 unspecified atom stereocenters. The van der Waals surface area contributed by atoms with E-state index >= 15 is 0 Å². The first-order chi connectivity index (χ1) is 12.5. The van der Waals surface area contributed by atoms with Gasteiger partial charge in [0.05, 0.1) is 5.52 Å². The van der Waals surface area contributed by atoms with Crippen LogP contribution in [0, 0.1) is 0 Å². The average Bonchev–Trinajstić information content (AvgIpc) is 2.67. The highest BCUT2D eigenvalue weighted by atomic mass is 19.4. The van der Waals surface area contributed by atoms with Gasteiger partial charge in [0.25, 0.3) is 0 Å². The summed E-state index contributed by atoms with van der Waals surface area (Å²) in [5, 5.41) is 0.0340. The third kappa shape index (κ3) is 3.16. The molecule has 2 heterocycles. The number of anilines is 2. The van der Waals surface area contributed by atoms with Crippen LogP contribution in [0.25, 0.3) is 10.9 Å². The predicted octanol–water partition coefficient (Wildman–Crippen LogP) is 3.98. The Morgan fingerprint density at radius 1 is 0.731 bits per heavy atom. The molecule has 26 heavy (non-hydrogen) atoms. The molecule has 3 aromatic rings. The fourth-order valence-electron chi connectivity index (χ4n) is 3.23. The van der Waals surface area contributed by atoms with Gasteiger partial charge in [-0.15, -0.1) is 0 Å². The number of aromatic nitrogens is 2. The van der Waals surface area contributed by atoms with Crippen molar-refractivity contribution in [3.05, 3.63) is 60.3 Å². The summed E-state index contributed by atoms with van der Waals surface area (Å²) < 4.78 is 40.3. The Hall–Kier alpha value is -2.83. The highest BCUT2D eigenvalue weighted by Crippen LogP contribution is 2.34.